The van der Waals surface area contributed by atoms with Crippen LogP contribution in [0.25, 0.3) is 84.0 Å². The van der Waals surface area contributed by atoms with Crippen molar-refractivity contribution < 1.29 is 0 Å². The molecule has 0 fully saturated rings. The summed E-state index contributed by atoms with van der Waals surface area (Å²) in [6, 6.07) is 87.1. The summed E-state index contributed by atoms with van der Waals surface area (Å²) in [6.07, 6.45) is 0. The number of aromatic nitrogens is 2. The summed E-state index contributed by atoms with van der Waals surface area (Å²) < 4.78 is 4.97. The third kappa shape index (κ3) is 7.82. The fourth-order valence-electron chi connectivity index (χ4n) is 9.29. The van der Waals surface area contributed by atoms with Crippen LogP contribution in [-0.4, -0.2) is 9.97 Å². The molecule has 3 aromatic heterocycles. The van der Waals surface area contributed by atoms with Crippen molar-refractivity contribution in [3.63, 3.8) is 0 Å². The second-order valence-corrected chi connectivity index (χ2v) is 20.2. The number of fused-ring (bicyclic) bond motifs is 5. The van der Waals surface area contributed by atoms with E-state index < -0.39 is 0 Å². The van der Waals surface area contributed by atoms with E-state index >= 15 is 0 Å². The lowest BCUT2D eigenvalue weighted by molar-refractivity contribution is 1.28. The molecule has 13 rings (SSSR count). The molecule has 0 aliphatic carbocycles. The predicted molar refractivity (Wildman–Crippen MR) is 297 cm³/mol. The molecule has 0 radical (unpaired) electrons. The van der Waals surface area contributed by atoms with Crippen molar-refractivity contribution in [1.29, 1.82) is 0 Å². The predicted octanol–water partition coefficient (Wildman–Crippen LogP) is 18.9. The Kier molecular flexibility index (Phi) is 10.4. The van der Waals surface area contributed by atoms with Gasteiger partial charge in [-0.05, 0) is 156 Å². The van der Waals surface area contributed by atoms with E-state index in [1.54, 1.807) is 22.7 Å². The Morgan fingerprint density at radius 3 is 0.942 bits per heavy atom. The fraction of sp³-hybridized carbons (Fsp3) is 0. The fourth-order valence-corrected chi connectivity index (χ4v) is 12.4. The van der Waals surface area contributed by atoms with Crippen LogP contribution in [0.2, 0.25) is 0 Å². The summed E-state index contributed by atoms with van der Waals surface area (Å²) >= 11 is 5.32. The zero-order chi connectivity index (χ0) is 45.7. The molecule has 0 saturated carbocycles. The van der Waals surface area contributed by atoms with Crippen molar-refractivity contribution in [3.05, 3.63) is 243 Å². The van der Waals surface area contributed by atoms with Crippen molar-refractivity contribution >= 4 is 109 Å². The van der Waals surface area contributed by atoms with E-state index in [9.17, 15) is 0 Å². The average molecular weight is 937 g/mol. The molecule has 10 aromatic carbocycles. The molecule has 0 bridgehead atoms. The van der Waals surface area contributed by atoms with Crippen LogP contribution in [0.1, 0.15) is 0 Å². The number of para-hydroxylation sites is 4. The molecule has 13 aromatic rings. The van der Waals surface area contributed by atoms with Gasteiger partial charge in [0.15, 0.2) is 0 Å². The van der Waals surface area contributed by atoms with Crippen LogP contribution in [0.15, 0.2) is 243 Å². The Bertz CT molecular complexity index is 3610. The van der Waals surface area contributed by atoms with Gasteiger partial charge >= 0.3 is 0 Å². The molecule has 7 heteroatoms. The molecular weight excluding hydrogens is 897 g/mol. The molecule has 69 heavy (non-hydrogen) atoms. The number of benzene rings is 10. The number of thiophene rings is 1. The van der Waals surface area contributed by atoms with E-state index in [1.165, 1.54) is 51.8 Å². The van der Waals surface area contributed by atoms with Gasteiger partial charge in [0.25, 0.3) is 0 Å². The highest BCUT2D eigenvalue weighted by atomic mass is 32.1. The van der Waals surface area contributed by atoms with Gasteiger partial charge in [-0.25, -0.2) is 9.97 Å². The van der Waals surface area contributed by atoms with Crippen molar-refractivity contribution in [2.45, 2.75) is 0 Å². The number of nitrogens with zero attached hydrogens (tertiary/aromatic N) is 4. The highest BCUT2D eigenvalue weighted by Gasteiger charge is 2.17. The highest BCUT2D eigenvalue weighted by Crippen LogP contribution is 2.42. The summed E-state index contributed by atoms with van der Waals surface area (Å²) in [7, 11) is 0. The van der Waals surface area contributed by atoms with Gasteiger partial charge in [-0.3, -0.25) is 0 Å². The number of rotatable bonds is 10. The maximum atomic E-state index is 4.90. The largest absolute Gasteiger partial charge is 0.311 e. The van der Waals surface area contributed by atoms with Gasteiger partial charge in [-0.15, -0.1) is 34.0 Å². The maximum Gasteiger partial charge on any atom is 0.124 e. The summed E-state index contributed by atoms with van der Waals surface area (Å²) in [6.45, 7) is 0. The molecule has 0 atom stereocenters. The van der Waals surface area contributed by atoms with Crippen LogP contribution in [0.4, 0.5) is 34.1 Å². The monoisotopic (exact) mass is 936 g/mol. The van der Waals surface area contributed by atoms with Crippen LogP contribution >= 0.6 is 34.0 Å². The zero-order valence-electron chi connectivity index (χ0n) is 37.1. The van der Waals surface area contributed by atoms with E-state index in [0.29, 0.717) is 0 Å². The van der Waals surface area contributed by atoms with Crippen LogP contribution in [0, 0.1) is 0 Å². The minimum atomic E-state index is 1.03. The summed E-state index contributed by atoms with van der Waals surface area (Å²) in [5.74, 6) is 0. The molecule has 0 aliphatic heterocycles. The summed E-state index contributed by atoms with van der Waals surface area (Å²) in [5.41, 5.74) is 15.7. The Labute approximate surface area is 411 Å². The molecule has 0 spiro atoms. The number of anilines is 6. The van der Waals surface area contributed by atoms with Crippen molar-refractivity contribution in [1.82, 2.24) is 9.97 Å². The van der Waals surface area contributed by atoms with Gasteiger partial charge in [0.1, 0.15) is 10.0 Å². The first-order valence-corrected chi connectivity index (χ1v) is 25.4. The second kappa shape index (κ2) is 17.5. The van der Waals surface area contributed by atoms with Gasteiger partial charge in [0.05, 0.1) is 20.4 Å². The van der Waals surface area contributed by atoms with Gasteiger partial charge in [0, 0.05) is 65.4 Å². The molecular formula is C62H40N4S3. The molecule has 326 valence electrons. The SMILES string of the molecule is c1ccc(N(c2ccc(-c3ccc4c(c3)sc3cc(-c5ccc(N(c6ccccc6)c6ccc(-c7nc8ccccc8s7)cc6)cc5)ccc34)cc2)c2ccc(-c3nc4ccccc4s3)cc2)cc1. The zero-order valence-corrected chi connectivity index (χ0v) is 39.6. The van der Waals surface area contributed by atoms with Crippen LogP contribution in [0.3, 0.4) is 0 Å². The first-order chi connectivity index (χ1) is 34.1. The normalized spacial score (nSPS) is 11.5. The Balaban J connectivity index is 0.761. The van der Waals surface area contributed by atoms with Crippen molar-refractivity contribution in [3.8, 4) is 43.4 Å². The van der Waals surface area contributed by atoms with Gasteiger partial charge in [-0.1, -0.05) is 109 Å². The molecule has 0 saturated heterocycles. The Morgan fingerprint density at radius 1 is 0.246 bits per heavy atom. The molecule has 0 unspecified atom stereocenters. The number of thiazole rings is 2. The van der Waals surface area contributed by atoms with Gasteiger partial charge in [0.2, 0.25) is 0 Å². The van der Waals surface area contributed by atoms with Gasteiger partial charge < -0.3 is 9.80 Å². The summed E-state index contributed by atoms with van der Waals surface area (Å²) in [4.78, 5) is 14.4. The molecule has 4 nitrogen and oxygen atoms in total. The molecule has 0 amide bonds. The topological polar surface area (TPSA) is 32.3 Å². The average Bonchev–Trinajstić information content (AvgIpc) is 4.16. The van der Waals surface area contributed by atoms with E-state index in [1.807, 2.05) is 23.5 Å². The number of hydrogen-bond donors (Lipinski definition) is 0. The Morgan fingerprint density at radius 2 is 0.565 bits per heavy atom. The lowest BCUT2D eigenvalue weighted by atomic mass is 10.0. The lowest BCUT2D eigenvalue weighted by Gasteiger charge is -2.25. The highest BCUT2D eigenvalue weighted by molar-refractivity contribution is 7.26. The van der Waals surface area contributed by atoms with Gasteiger partial charge in [-0.2, -0.15) is 0 Å². The maximum absolute atomic E-state index is 4.90. The lowest BCUT2D eigenvalue weighted by Crippen LogP contribution is -2.09. The minimum absolute atomic E-state index is 1.03. The van der Waals surface area contributed by atoms with Crippen molar-refractivity contribution in [2.75, 3.05) is 9.80 Å². The molecule has 0 N–H and O–H groups in total. The standard InChI is InChI=1S/C62H40N4S3/c1-3-11-47(12-4-1)65(51-33-23-43(24-34-51)61-63-55-15-7-9-17-57(55)68-61)49-29-19-41(20-30-49)45-27-37-53-54-38-28-46(40-60(54)67-59(53)39-45)42-21-31-50(32-22-42)66(48-13-5-2-6-14-48)52-35-25-44(26-36-52)62-64-56-16-8-10-18-58(56)69-62/h1-40H. The second-order valence-electron chi connectivity index (χ2n) is 17.0. The first kappa shape index (κ1) is 41.0. The number of hydrogen-bond acceptors (Lipinski definition) is 7. The third-order valence-corrected chi connectivity index (χ3v) is 16.0. The first-order valence-electron chi connectivity index (χ1n) is 22.9. The van der Waals surface area contributed by atoms with Crippen molar-refractivity contribution in [2.24, 2.45) is 0 Å². The van der Waals surface area contributed by atoms with E-state index in [2.05, 4.69) is 240 Å². The van der Waals surface area contributed by atoms with E-state index in [4.69, 9.17) is 9.97 Å². The van der Waals surface area contributed by atoms with Crippen LogP contribution < -0.4 is 9.80 Å². The molecule has 3 heterocycles. The minimum Gasteiger partial charge on any atom is -0.311 e. The molecule has 0 aliphatic rings. The smallest absolute Gasteiger partial charge is 0.124 e. The van der Waals surface area contributed by atoms with Crippen LogP contribution in [-0.2, 0) is 0 Å². The third-order valence-electron chi connectivity index (χ3n) is 12.8. The van der Waals surface area contributed by atoms with E-state index in [0.717, 1.165) is 66.3 Å². The van der Waals surface area contributed by atoms with E-state index in [-0.39, 0.29) is 0 Å². The Hall–Kier alpha value is -8.20. The quantitative estimate of drug-likeness (QED) is 0.137. The van der Waals surface area contributed by atoms with Crippen LogP contribution in [0.5, 0.6) is 0 Å². The summed E-state index contributed by atoms with van der Waals surface area (Å²) in [5, 5.41) is 4.64.